The molecule has 0 amide bonds. The monoisotopic (exact) mass is 516 g/mol. The van der Waals surface area contributed by atoms with Crippen LogP contribution in [0.4, 0.5) is 0 Å². The Bertz CT molecular complexity index is 1110. The van der Waals surface area contributed by atoms with Crippen LogP contribution < -0.4 is 28.3 Å². The number of rotatable bonds is 7. The standard InChI is InChI=1S/C33H38OP.ClH/c1-26(20-21-32-27(2)24-28(34)25-33(32,3)4)22-23-35(29-14-8-5-9-15-29,30-16-10-6-11-17-30)31-18-12-7-13-19-31;/h5-20,22-23,28,34H,21,24-25H2,1-4H3;1H/q+1;/p-1/b23-22+,26-20+;/t28-;/m1./s1. The molecule has 3 aromatic rings. The first-order valence-electron chi connectivity index (χ1n) is 12.6. The van der Waals surface area contributed by atoms with Gasteiger partial charge in [-0.2, -0.15) is 0 Å². The highest BCUT2D eigenvalue weighted by atomic mass is 35.5. The SMILES string of the molecule is CC1=C(C/C=C(C)/C=C/[P+](c2ccccc2)(c2ccccc2)c2ccccc2)C(C)(C)C[C@H](O)C1.[Cl-]. The topological polar surface area (TPSA) is 20.2 Å². The van der Waals surface area contributed by atoms with Gasteiger partial charge in [0, 0.05) is 0 Å². The van der Waals surface area contributed by atoms with Crippen LogP contribution in [-0.2, 0) is 0 Å². The predicted molar refractivity (Wildman–Crippen MR) is 154 cm³/mol. The maximum absolute atomic E-state index is 10.3. The Morgan fingerprint density at radius 3 is 1.72 bits per heavy atom. The summed E-state index contributed by atoms with van der Waals surface area (Å²) in [5.74, 6) is 2.48. The first-order chi connectivity index (χ1) is 16.8. The molecule has 1 atom stereocenters. The van der Waals surface area contributed by atoms with Crippen LogP contribution in [0.1, 0.15) is 47.0 Å². The Balaban J connectivity index is 0.00000361. The summed E-state index contributed by atoms with van der Waals surface area (Å²) in [6.45, 7) is 8.94. The van der Waals surface area contributed by atoms with E-state index >= 15 is 0 Å². The average Bonchev–Trinajstić information content (AvgIpc) is 2.85. The fourth-order valence-corrected chi connectivity index (χ4v) is 9.34. The Labute approximate surface area is 224 Å². The van der Waals surface area contributed by atoms with Gasteiger partial charge in [0.25, 0.3) is 0 Å². The van der Waals surface area contributed by atoms with Gasteiger partial charge in [0.2, 0.25) is 0 Å². The molecule has 0 spiro atoms. The van der Waals surface area contributed by atoms with E-state index in [1.807, 2.05) is 0 Å². The van der Waals surface area contributed by atoms with Crippen molar-refractivity contribution in [2.45, 2.75) is 53.1 Å². The average molecular weight is 517 g/mol. The molecule has 0 aromatic heterocycles. The lowest BCUT2D eigenvalue weighted by atomic mass is 9.70. The summed E-state index contributed by atoms with van der Waals surface area (Å²) >= 11 is 0. The van der Waals surface area contributed by atoms with Gasteiger partial charge in [-0.15, -0.1) is 0 Å². The molecule has 1 N–H and O–H groups in total. The quantitative estimate of drug-likeness (QED) is 0.281. The van der Waals surface area contributed by atoms with E-state index in [4.69, 9.17) is 0 Å². The molecular weight excluding hydrogens is 479 g/mol. The van der Waals surface area contributed by atoms with Gasteiger partial charge in [-0.05, 0) is 81.0 Å². The minimum atomic E-state index is -1.98. The molecule has 36 heavy (non-hydrogen) atoms. The van der Waals surface area contributed by atoms with Gasteiger partial charge in [0.1, 0.15) is 23.2 Å². The molecule has 0 radical (unpaired) electrons. The minimum Gasteiger partial charge on any atom is -1.00 e. The number of aliphatic hydroxyl groups is 1. The van der Waals surface area contributed by atoms with Crippen LogP contribution in [-0.4, -0.2) is 11.2 Å². The van der Waals surface area contributed by atoms with E-state index in [0.717, 1.165) is 19.3 Å². The Morgan fingerprint density at radius 1 is 0.861 bits per heavy atom. The molecule has 4 rings (SSSR count). The van der Waals surface area contributed by atoms with Gasteiger partial charge in [-0.1, -0.05) is 91.2 Å². The molecule has 0 bridgehead atoms. The van der Waals surface area contributed by atoms with Crippen molar-refractivity contribution in [2.75, 3.05) is 0 Å². The lowest BCUT2D eigenvalue weighted by Crippen LogP contribution is -3.00. The summed E-state index contributed by atoms with van der Waals surface area (Å²) in [5.41, 5.74) is 4.14. The van der Waals surface area contributed by atoms with Crippen LogP contribution in [0.3, 0.4) is 0 Å². The lowest BCUT2D eigenvalue weighted by molar-refractivity contribution is -0.0000117. The van der Waals surface area contributed by atoms with Crippen molar-refractivity contribution in [1.82, 2.24) is 0 Å². The Hall–Kier alpha value is -2.44. The second kappa shape index (κ2) is 12.2. The Morgan fingerprint density at radius 2 is 1.31 bits per heavy atom. The summed E-state index contributed by atoms with van der Waals surface area (Å²) in [7, 11) is -1.98. The molecule has 0 saturated heterocycles. The minimum absolute atomic E-state index is 0. The van der Waals surface area contributed by atoms with Crippen LogP contribution in [0, 0.1) is 5.41 Å². The first-order valence-corrected chi connectivity index (χ1v) is 14.5. The Kier molecular flexibility index (Phi) is 9.53. The maximum atomic E-state index is 10.3. The molecule has 3 heteroatoms. The molecule has 188 valence electrons. The van der Waals surface area contributed by atoms with E-state index in [2.05, 4.69) is 137 Å². The van der Waals surface area contributed by atoms with Crippen LogP contribution in [0.2, 0.25) is 0 Å². The van der Waals surface area contributed by atoms with Crippen LogP contribution in [0.5, 0.6) is 0 Å². The third kappa shape index (κ3) is 6.09. The van der Waals surface area contributed by atoms with E-state index in [9.17, 15) is 5.11 Å². The van der Waals surface area contributed by atoms with Crippen molar-refractivity contribution < 1.29 is 17.5 Å². The summed E-state index contributed by atoms with van der Waals surface area (Å²) < 4.78 is 0. The normalized spacial score (nSPS) is 18.2. The molecule has 3 aromatic carbocycles. The van der Waals surface area contributed by atoms with Gasteiger partial charge >= 0.3 is 0 Å². The highest BCUT2D eigenvalue weighted by Gasteiger charge is 2.43. The van der Waals surface area contributed by atoms with Crippen molar-refractivity contribution in [2.24, 2.45) is 5.41 Å². The summed E-state index contributed by atoms with van der Waals surface area (Å²) in [4.78, 5) is 0. The smallest absolute Gasteiger partial charge is 0.136 e. The zero-order valence-electron chi connectivity index (χ0n) is 21.9. The summed E-state index contributed by atoms with van der Waals surface area (Å²) in [5, 5.41) is 14.3. The van der Waals surface area contributed by atoms with Crippen molar-refractivity contribution in [1.29, 1.82) is 0 Å². The number of hydrogen-bond acceptors (Lipinski definition) is 1. The molecule has 0 fully saturated rings. The van der Waals surface area contributed by atoms with Crippen molar-refractivity contribution in [3.63, 3.8) is 0 Å². The van der Waals surface area contributed by atoms with E-state index in [1.165, 1.54) is 32.6 Å². The zero-order valence-corrected chi connectivity index (χ0v) is 23.5. The number of benzene rings is 3. The van der Waals surface area contributed by atoms with Gasteiger partial charge in [-0.3, -0.25) is 0 Å². The van der Waals surface area contributed by atoms with Gasteiger partial charge < -0.3 is 17.5 Å². The van der Waals surface area contributed by atoms with Crippen molar-refractivity contribution in [3.05, 3.63) is 126 Å². The molecular formula is C33H38ClOP. The van der Waals surface area contributed by atoms with Crippen LogP contribution in [0.25, 0.3) is 0 Å². The van der Waals surface area contributed by atoms with Gasteiger partial charge in [-0.25, -0.2) is 0 Å². The first kappa shape index (κ1) is 28.1. The highest BCUT2D eigenvalue weighted by Crippen LogP contribution is 2.57. The molecule has 0 unspecified atom stereocenters. The molecule has 0 aliphatic heterocycles. The fraction of sp³-hybridized carbons (Fsp3) is 0.273. The van der Waals surface area contributed by atoms with Gasteiger partial charge in [0.05, 0.1) is 11.9 Å². The molecule has 1 nitrogen and oxygen atoms in total. The maximum Gasteiger partial charge on any atom is 0.136 e. The molecule has 1 aliphatic carbocycles. The number of hydrogen-bond donors (Lipinski definition) is 1. The van der Waals surface area contributed by atoms with Crippen LogP contribution >= 0.6 is 7.26 Å². The van der Waals surface area contributed by atoms with Crippen molar-refractivity contribution in [3.8, 4) is 0 Å². The third-order valence-corrected chi connectivity index (χ3v) is 11.2. The zero-order chi connectivity index (χ0) is 24.9. The van der Waals surface area contributed by atoms with Crippen LogP contribution in [0.15, 0.2) is 126 Å². The van der Waals surface area contributed by atoms with E-state index in [0.29, 0.717) is 0 Å². The second-order valence-electron chi connectivity index (χ2n) is 10.4. The largest absolute Gasteiger partial charge is 1.00 e. The van der Waals surface area contributed by atoms with E-state index in [1.54, 1.807) is 0 Å². The fourth-order valence-electron chi connectivity index (χ4n) is 5.54. The summed E-state index contributed by atoms with van der Waals surface area (Å²) in [6, 6.07) is 32.9. The van der Waals surface area contributed by atoms with E-state index < -0.39 is 7.26 Å². The highest BCUT2D eigenvalue weighted by molar-refractivity contribution is 7.98. The van der Waals surface area contributed by atoms with E-state index in [-0.39, 0.29) is 23.9 Å². The molecule has 0 heterocycles. The number of allylic oxidation sites excluding steroid dienone is 4. The third-order valence-electron chi connectivity index (χ3n) is 7.30. The lowest BCUT2D eigenvalue weighted by Gasteiger charge is -2.37. The number of halogens is 1. The van der Waals surface area contributed by atoms with Crippen molar-refractivity contribution >= 4 is 23.2 Å². The number of aliphatic hydroxyl groups excluding tert-OH is 1. The van der Waals surface area contributed by atoms with Gasteiger partial charge in [0.15, 0.2) is 0 Å². The predicted octanol–water partition coefficient (Wildman–Crippen LogP) is 4.33. The summed E-state index contributed by atoms with van der Waals surface area (Å²) in [6.07, 6.45) is 7.06. The molecule has 0 saturated carbocycles. The second-order valence-corrected chi connectivity index (χ2v) is 13.7. The molecule has 1 aliphatic rings.